The first-order valence-electron chi connectivity index (χ1n) is 8.50. The molecule has 0 aromatic carbocycles. The van der Waals surface area contributed by atoms with Crippen molar-refractivity contribution in [2.24, 2.45) is 11.5 Å². The molecule has 6 N–H and O–H groups in total. The van der Waals surface area contributed by atoms with Gasteiger partial charge >= 0.3 is 5.97 Å². The van der Waals surface area contributed by atoms with E-state index in [9.17, 15) is 27.7 Å². The molecule has 26 heavy (non-hydrogen) atoms. The van der Waals surface area contributed by atoms with Gasteiger partial charge in [0.25, 0.3) is 10.1 Å². The number of nitrogens with zero attached hydrogens (tertiary/aromatic N) is 1. The molecule has 0 spiro atoms. The molecule has 0 unspecified atom stereocenters. The molecule has 0 bridgehead atoms. The van der Waals surface area contributed by atoms with Crippen LogP contribution in [0, 0.1) is 0 Å². The van der Waals surface area contributed by atoms with E-state index in [0.29, 0.717) is 25.7 Å². The molecule has 0 aliphatic carbocycles. The van der Waals surface area contributed by atoms with Crippen LogP contribution in [0.3, 0.4) is 0 Å². The zero-order chi connectivity index (χ0) is 19.7. The zero-order valence-electron chi connectivity index (χ0n) is 15.4. The minimum absolute atomic E-state index is 0. The predicted molar refractivity (Wildman–Crippen MR) is 102 cm³/mol. The van der Waals surface area contributed by atoms with E-state index in [1.807, 2.05) is 6.92 Å². The molecule has 0 saturated carbocycles. The van der Waals surface area contributed by atoms with E-state index in [1.54, 1.807) is 6.92 Å². The van der Waals surface area contributed by atoms with Crippen molar-refractivity contribution >= 4 is 34.4 Å². The number of halogens is 1. The molecular weight excluding hydrogens is 386 g/mol. The maximum atomic E-state index is 12.6. The van der Waals surface area contributed by atoms with Crippen LogP contribution in [-0.4, -0.2) is 58.9 Å². The SMILES string of the molecule is CCCCC(=O)N(CCCC(N)N)[C@@](CCC)(CS(=O)(=O)O)C(=O)O.Cl. The largest absolute Gasteiger partial charge is 0.479 e. The van der Waals surface area contributed by atoms with Gasteiger partial charge in [-0.05, 0) is 25.7 Å². The summed E-state index contributed by atoms with van der Waals surface area (Å²) in [4.78, 5) is 25.7. The Hall–Kier alpha value is -0.940. The van der Waals surface area contributed by atoms with Crippen molar-refractivity contribution < 1.29 is 27.7 Å². The van der Waals surface area contributed by atoms with Crippen molar-refractivity contribution in [3.63, 3.8) is 0 Å². The highest BCUT2D eigenvalue weighted by Gasteiger charge is 2.48. The van der Waals surface area contributed by atoms with Gasteiger partial charge in [0, 0.05) is 13.0 Å². The molecule has 0 radical (unpaired) electrons. The van der Waals surface area contributed by atoms with Crippen molar-refractivity contribution in [3.8, 4) is 0 Å². The summed E-state index contributed by atoms with van der Waals surface area (Å²) in [7, 11) is -4.61. The summed E-state index contributed by atoms with van der Waals surface area (Å²) in [6.07, 6.45) is 1.71. The Balaban J connectivity index is 0. The minimum atomic E-state index is -4.61. The summed E-state index contributed by atoms with van der Waals surface area (Å²) in [6, 6.07) is 0. The van der Waals surface area contributed by atoms with Crippen LogP contribution in [0.2, 0.25) is 0 Å². The van der Waals surface area contributed by atoms with Crippen molar-refractivity contribution in [2.75, 3.05) is 12.3 Å². The minimum Gasteiger partial charge on any atom is -0.479 e. The number of carbonyl (C=O) groups excluding carboxylic acids is 1. The molecule has 0 heterocycles. The molecular formula is C15H32ClN3O6S. The molecule has 11 heteroatoms. The molecule has 0 fully saturated rings. The second-order valence-electron chi connectivity index (χ2n) is 6.27. The molecule has 0 aromatic rings. The lowest BCUT2D eigenvalue weighted by Gasteiger charge is -2.40. The van der Waals surface area contributed by atoms with Crippen LogP contribution in [0.4, 0.5) is 0 Å². The van der Waals surface area contributed by atoms with Gasteiger partial charge in [0.2, 0.25) is 5.91 Å². The highest BCUT2D eigenvalue weighted by molar-refractivity contribution is 7.85. The Bertz CT molecular complexity index is 543. The molecule has 1 atom stereocenters. The van der Waals surface area contributed by atoms with Crippen molar-refractivity contribution in [1.82, 2.24) is 4.90 Å². The number of carboxylic acids is 1. The summed E-state index contributed by atoms with van der Waals surface area (Å²) in [5.41, 5.74) is 8.96. The van der Waals surface area contributed by atoms with E-state index in [4.69, 9.17) is 11.5 Å². The van der Waals surface area contributed by atoms with Crippen LogP contribution in [0.15, 0.2) is 0 Å². The highest BCUT2D eigenvalue weighted by atomic mass is 35.5. The van der Waals surface area contributed by atoms with Gasteiger partial charge in [-0.15, -0.1) is 12.4 Å². The van der Waals surface area contributed by atoms with Gasteiger partial charge in [0.1, 0.15) is 5.75 Å². The number of hydrogen-bond acceptors (Lipinski definition) is 6. The third kappa shape index (κ3) is 9.13. The Labute approximate surface area is 161 Å². The van der Waals surface area contributed by atoms with Crippen LogP contribution in [-0.2, 0) is 19.7 Å². The maximum absolute atomic E-state index is 12.6. The van der Waals surface area contributed by atoms with Crippen molar-refractivity contribution in [2.45, 2.75) is 70.5 Å². The van der Waals surface area contributed by atoms with Gasteiger partial charge in [0.05, 0.1) is 6.17 Å². The predicted octanol–water partition coefficient (Wildman–Crippen LogP) is 0.962. The molecule has 156 valence electrons. The smallest absolute Gasteiger partial charge is 0.330 e. The van der Waals surface area contributed by atoms with E-state index in [-0.39, 0.29) is 31.8 Å². The first-order valence-corrected chi connectivity index (χ1v) is 10.1. The van der Waals surface area contributed by atoms with E-state index >= 15 is 0 Å². The van der Waals surface area contributed by atoms with Crippen molar-refractivity contribution in [1.29, 1.82) is 0 Å². The Morgan fingerprint density at radius 3 is 2.12 bits per heavy atom. The third-order valence-corrected chi connectivity index (χ3v) is 4.81. The molecule has 9 nitrogen and oxygen atoms in total. The molecule has 0 rings (SSSR count). The van der Waals surface area contributed by atoms with Gasteiger partial charge in [-0.2, -0.15) is 8.42 Å². The van der Waals surface area contributed by atoms with Gasteiger partial charge < -0.3 is 21.5 Å². The van der Waals surface area contributed by atoms with Crippen LogP contribution in [0.5, 0.6) is 0 Å². The van der Waals surface area contributed by atoms with Crippen molar-refractivity contribution in [3.05, 3.63) is 0 Å². The fourth-order valence-electron chi connectivity index (χ4n) is 2.81. The topological polar surface area (TPSA) is 164 Å². The Kier molecular flexibility index (Phi) is 13.1. The fourth-order valence-corrected chi connectivity index (χ4v) is 3.84. The van der Waals surface area contributed by atoms with E-state index in [1.165, 1.54) is 0 Å². The second-order valence-corrected chi connectivity index (χ2v) is 7.72. The summed E-state index contributed by atoms with van der Waals surface area (Å²) in [5, 5.41) is 9.75. The molecule has 0 aliphatic rings. The Morgan fingerprint density at radius 2 is 1.73 bits per heavy atom. The van der Waals surface area contributed by atoms with E-state index in [2.05, 4.69) is 0 Å². The van der Waals surface area contributed by atoms with Crippen LogP contribution in [0.25, 0.3) is 0 Å². The zero-order valence-corrected chi connectivity index (χ0v) is 17.0. The first-order chi connectivity index (χ1) is 11.5. The lowest BCUT2D eigenvalue weighted by molar-refractivity contribution is -0.158. The number of hydrogen-bond donors (Lipinski definition) is 4. The number of unbranched alkanes of at least 4 members (excludes halogenated alkanes) is 1. The number of carbonyl (C=O) groups is 2. The quantitative estimate of drug-likeness (QED) is 0.254. The Morgan fingerprint density at radius 1 is 1.15 bits per heavy atom. The van der Waals surface area contributed by atoms with Gasteiger partial charge in [-0.25, -0.2) is 4.79 Å². The fraction of sp³-hybridized carbons (Fsp3) is 0.867. The summed E-state index contributed by atoms with van der Waals surface area (Å²) in [5.74, 6) is -2.95. The summed E-state index contributed by atoms with van der Waals surface area (Å²) < 4.78 is 32.2. The second kappa shape index (κ2) is 12.4. The number of carboxylic acid groups (broad SMARTS) is 1. The number of nitrogens with two attached hydrogens (primary N) is 2. The standard InChI is InChI=1S/C15H31N3O6S.ClH/c1-3-5-8-13(19)18(10-6-7-12(16)17)15(9-4-2,14(20)21)11-25(22,23)24;/h12H,3-11,16-17H2,1-2H3,(H,20,21)(H,22,23,24);1H/t15-;/m0./s1. The van der Waals surface area contributed by atoms with E-state index < -0.39 is 39.5 Å². The van der Waals surface area contributed by atoms with Gasteiger partial charge in [-0.3, -0.25) is 9.35 Å². The highest BCUT2D eigenvalue weighted by Crippen LogP contribution is 2.27. The monoisotopic (exact) mass is 417 g/mol. The van der Waals surface area contributed by atoms with Crippen LogP contribution < -0.4 is 11.5 Å². The van der Waals surface area contributed by atoms with Gasteiger partial charge in [0.15, 0.2) is 5.54 Å². The molecule has 1 amide bonds. The van der Waals surface area contributed by atoms with Crippen LogP contribution in [0.1, 0.15) is 58.8 Å². The molecule has 0 saturated heterocycles. The number of aliphatic carboxylic acids is 1. The lowest BCUT2D eigenvalue weighted by Crippen LogP contribution is -2.61. The van der Waals surface area contributed by atoms with Gasteiger partial charge in [-0.1, -0.05) is 26.7 Å². The summed E-state index contributed by atoms with van der Waals surface area (Å²) in [6.45, 7) is 3.58. The molecule has 0 aliphatic heterocycles. The average Bonchev–Trinajstić information content (AvgIpc) is 2.46. The van der Waals surface area contributed by atoms with E-state index in [0.717, 1.165) is 11.3 Å². The third-order valence-electron chi connectivity index (χ3n) is 3.96. The normalized spacial score (nSPS) is 13.8. The first kappa shape index (κ1) is 27.3. The number of amides is 1. The summed E-state index contributed by atoms with van der Waals surface area (Å²) >= 11 is 0. The number of rotatable bonds is 13. The molecule has 0 aromatic heterocycles. The van der Waals surface area contributed by atoms with Crippen LogP contribution >= 0.6 is 12.4 Å². The maximum Gasteiger partial charge on any atom is 0.330 e. The average molecular weight is 418 g/mol. The lowest BCUT2D eigenvalue weighted by atomic mass is 9.92.